The highest BCUT2D eigenvalue weighted by atomic mass is 16.5. The Balaban J connectivity index is 1.72. The number of aromatic nitrogens is 2. The molecule has 96 valence electrons. The van der Waals surface area contributed by atoms with E-state index in [-0.39, 0.29) is 0 Å². The molecule has 0 amide bonds. The zero-order valence-corrected chi connectivity index (χ0v) is 10.9. The van der Waals surface area contributed by atoms with Crippen molar-refractivity contribution < 1.29 is 4.74 Å². The van der Waals surface area contributed by atoms with Gasteiger partial charge in [-0.05, 0) is 19.2 Å². The Labute approximate surface area is 108 Å². The second-order valence-corrected chi connectivity index (χ2v) is 4.35. The van der Waals surface area contributed by atoms with E-state index >= 15 is 0 Å². The van der Waals surface area contributed by atoms with Gasteiger partial charge in [0.15, 0.2) is 0 Å². The number of hydrogen-bond donors (Lipinski definition) is 0. The number of hydrogen-bond acceptors (Lipinski definition) is 3. The smallest absolute Gasteiger partial charge is 0.122 e. The molecule has 18 heavy (non-hydrogen) atoms. The fraction of sp³-hybridized carbons (Fsp3) is 0.357. The molecule has 0 bridgehead atoms. The van der Waals surface area contributed by atoms with Crippen molar-refractivity contribution in [2.75, 3.05) is 20.2 Å². The zero-order chi connectivity index (χ0) is 12.8. The van der Waals surface area contributed by atoms with E-state index in [2.05, 4.69) is 16.9 Å². The lowest BCUT2D eigenvalue weighted by Crippen LogP contribution is -2.25. The maximum Gasteiger partial charge on any atom is 0.122 e. The van der Waals surface area contributed by atoms with Gasteiger partial charge in [0, 0.05) is 26.0 Å². The van der Waals surface area contributed by atoms with Crippen LogP contribution in [0.3, 0.4) is 0 Å². The molecule has 0 fully saturated rings. The van der Waals surface area contributed by atoms with E-state index in [1.807, 2.05) is 54.3 Å². The predicted octanol–water partition coefficient (Wildman–Crippen LogP) is 1.93. The Morgan fingerprint density at radius 2 is 2.06 bits per heavy atom. The lowest BCUT2D eigenvalue weighted by atomic mass is 10.3. The summed E-state index contributed by atoms with van der Waals surface area (Å²) in [5.41, 5.74) is 0. The van der Waals surface area contributed by atoms with Gasteiger partial charge in [0.25, 0.3) is 0 Å². The van der Waals surface area contributed by atoms with Gasteiger partial charge in [-0.3, -0.25) is 4.90 Å². The summed E-state index contributed by atoms with van der Waals surface area (Å²) in [5, 5.41) is 0. The third-order valence-electron chi connectivity index (χ3n) is 2.82. The minimum atomic E-state index is 0.685. The molecule has 0 atom stereocenters. The highest BCUT2D eigenvalue weighted by Gasteiger charge is 2.04. The normalized spacial score (nSPS) is 10.8. The van der Waals surface area contributed by atoms with Crippen molar-refractivity contribution in [3.8, 4) is 5.75 Å². The van der Waals surface area contributed by atoms with Gasteiger partial charge in [-0.25, -0.2) is 4.98 Å². The van der Waals surface area contributed by atoms with Crippen molar-refractivity contribution in [3.05, 3.63) is 48.5 Å². The van der Waals surface area contributed by atoms with Gasteiger partial charge < -0.3 is 9.30 Å². The summed E-state index contributed by atoms with van der Waals surface area (Å²) in [6.07, 6.45) is 3.79. The molecule has 0 aliphatic heterocycles. The Hall–Kier alpha value is -1.81. The van der Waals surface area contributed by atoms with Crippen molar-refractivity contribution in [3.63, 3.8) is 0 Å². The van der Waals surface area contributed by atoms with E-state index < -0.39 is 0 Å². The monoisotopic (exact) mass is 245 g/mol. The van der Waals surface area contributed by atoms with E-state index in [0.717, 1.165) is 24.7 Å². The van der Waals surface area contributed by atoms with E-state index in [9.17, 15) is 0 Å². The highest BCUT2D eigenvalue weighted by Crippen LogP contribution is 2.08. The maximum absolute atomic E-state index is 5.66. The summed E-state index contributed by atoms with van der Waals surface area (Å²) in [5.74, 6) is 1.99. The van der Waals surface area contributed by atoms with E-state index in [1.54, 1.807) is 0 Å². The minimum absolute atomic E-state index is 0.685. The molecule has 4 nitrogen and oxygen atoms in total. The first-order valence-electron chi connectivity index (χ1n) is 6.08. The van der Waals surface area contributed by atoms with Crippen LogP contribution in [0.4, 0.5) is 0 Å². The van der Waals surface area contributed by atoms with Crippen molar-refractivity contribution in [1.82, 2.24) is 14.5 Å². The number of ether oxygens (including phenoxy) is 1. The summed E-state index contributed by atoms with van der Waals surface area (Å²) >= 11 is 0. The van der Waals surface area contributed by atoms with Crippen LogP contribution < -0.4 is 4.74 Å². The third-order valence-corrected chi connectivity index (χ3v) is 2.82. The first-order chi connectivity index (χ1) is 8.75. The molecule has 0 saturated carbocycles. The molecule has 1 aromatic heterocycles. The van der Waals surface area contributed by atoms with Crippen molar-refractivity contribution in [2.45, 2.75) is 6.54 Å². The minimum Gasteiger partial charge on any atom is -0.492 e. The van der Waals surface area contributed by atoms with Crippen LogP contribution in [0.15, 0.2) is 42.7 Å². The second kappa shape index (κ2) is 6.21. The lowest BCUT2D eigenvalue weighted by molar-refractivity contribution is 0.228. The number of para-hydroxylation sites is 1. The van der Waals surface area contributed by atoms with Crippen LogP contribution in [0, 0.1) is 0 Å². The van der Waals surface area contributed by atoms with Gasteiger partial charge in [0.05, 0.1) is 6.54 Å². The third kappa shape index (κ3) is 3.60. The number of nitrogens with zero attached hydrogens (tertiary/aromatic N) is 3. The van der Waals surface area contributed by atoms with Crippen LogP contribution >= 0.6 is 0 Å². The van der Waals surface area contributed by atoms with Crippen LogP contribution in [0.2, 0.25) is 0 Å². The molecule has 0 spiro atoms. The summed E-state index contributed by atoms with van der Waals surface area (Å²) in [4.78, 5) is 6.50. The van der Waals surface area contributed by atoms with Gasteiger partial charge in [-0.1, -0.05) is 18.2 Å². The number of rotatable bonds is 6. The molecular weight excluding hydrogens is 226 g/mol. The second-order valence-electron chi connectivity index (χ2n) is 4.35. The van der Waals surface area contributed by atoms with Crippen molar-refractivity contribution in [1.29, 1.82) is 0 Å². The first kappa shape index (κ1) is 12.6. The van der Waals surface area contributed by atoms with E-state index in [4.69, 9.17) is 4.74 Å². The fourth-order valence-electron chi connectivity index (χ4n) is 1.71. The summed E-state index contributed by atoms with van der Waals surface area (Å²) in [6.45, 7) is 2.40. The van der Waals surface area contributed by atoms with Gasteiger partial charge in [0.1, 0.15) is 18.2 Å². The molecule has 0 saturated heterocycles. The molecule has 0 radical (unpaired) electrons. The SMILES string of the molecule is CN(CCOc1ccccc1)Cc1nccn1C. The summed E-state index contributed by atoms with van der Waals surface area (Å²) in [6, 6.07) is 9.89. The predicted molar refractivity (Wildman–Crippen MR) is 71.5 cm³/mol. The fourth-order valence-corrected chi connectivity index (χ4v) is 1.71. The highest BCUT2D eigenvalue weighted by molar-refractivity contribution is 5.20. The number of imidazole rings is 1. The van der Waals surface area contributed by atoms with Crippen LogP contribution in [0.5, 0.6) is 5.75 Å². The molecule has 2 aromatic rings. The zero-order valence-electron chi connectivity index (χ0n) is 10.9. The van der Waals surface area contributed by atoms with Gasteiger partial charge in [-0.2, -0.15) is 0 Å². The lowest BCUT2D eigenvalue weighted by Gasteiger charge is -2.16. The first-order valence-corrected chi connectivity index (χ1v) is 6.08. The van der Waals surface area contributed by atoms with Crippen molar-refractivity contribution in [2.24, 2.45) is 7.05 Å². The average molecular weight is 245 g/mol. The molecule has 2 rings (SSSR count). The van der Waals surface area contributed by atoms with Crippen LogP contribution in [-0.4, -0.2) is 34.7 Å². The van der Waals surface area contributed by atoms with E-state index in [1.165, 1.54) is 0 Å². The van der Waals surface area contributed by atoms with Gasteiger partial charge in [-0.15, -0.1) is 0 Å². The van der Waals surface area contributed by atoms with Crippen LogP contribution in [0.25, 0.3) is 0 Å². The quantitative estimate of drug-likeness (QED) is 0.779. The number of aryl methyl sites for hydroxylation is 1. The Morgan fingerprint density at radius 3 is 2.72 bits per heavy atom. The topological polar surface area (TPSA) is 30.3 Å². The molecule has 1 aromatic carbocycles. The average Bonchev–Trinajstić information content (AvgIpc) is 2.76. The number of likely N-dealkylation sites (N-methyl/N-ethyl adjacent to an activating group) is 1. The molecule has 4 heteroatoms. The van der Waals surface area contributed by atoms with Crippen molar-refractivity contribution >= 4 is 0 Å². The van der Waals surface area contributed by atoms with Crippen LogP contribution in [0.1, 0.15) is 5.82 Å². The molecule has 0 aliphatic carbocycles. The maximum atomic E-state index is 5.66. The Kier molecular flexibility index (Phi) is 4.36. The molecule has 0 N–H and O–H groups in total. The van der Waals surface area contributed by atoms with Crippen LogP contribution in [-0.2, 0) is 13.6 Å². The van der Waals surface area contributed by atoms with Gasteiger partial charge >= 0.3 is 0 Å². The number of benzene rings is 1. The Bertz CT molecular complexity index is 467. The molecular formula is C14H19N3O. The Morgan fingerprint density at radius 1 is 1.28 bits per heavy atom. The van der Waals surface area contributed by atoms with E-state index in [0.29, 0.717) is 6.61 Å². The summed E-state index contributed by atoms with van der Waals surface area (Å²) < 4.78 is 7.69. The van der Waals surface area contributed by atoms with Gasteiger partial charge in [0.2, 0.25) is 0 Å². The molecule has 0 aliphatic rings. The summed E-state index contributed by atoms with van der Waals surface area (Å²) in [7, 11) is 4.08. The standard InChI is InChI=1S/C14H19N3O/c1-16(12-14-15-8-9-17(14)2)10-11-18-13-6-4-3-5-7-13/h3-9H,10-12H2,1-2H3. The molecule has 1 heterocycles. The molecule has 0 unspecified atom stereocenters. The largest absolute Gasteiger partial charge is 0.492 e.